The average Bonchev–Trinajstić information content (AvgIpc) is 2.37. The molecule has 1 saturated carbocycles. The highest BCUT2D eigenvalue weighted by Gasteiger charge is 2.59. The van der Waals surface area contributed by atoms with E-state index in [0.717, 1.165) is 12.8 Å². The fourth-order valence-corrected chi connectivity index (χ4v) is 3.43. The predicted octanol–water partition coefficient (Wildman–Crippen LogP) is 1.94. The minimum absolute atomic E-state index is 0.302. The summed E-state index contributed by atoms with van der Waals surface area (Å²) in [6.45, 7) is 4.03. The normalized spacial score (nSPS) is 41.6. The fraction of sp³-hybridized carbons (Fsp3) is 0.714. The lowest BCUT2D eigenvalue weighted by molar-refractivity contribution is -0.173. The first kappa shape index (κ1) is 13.1. The topological polar surface area (TPSA) is 52.6 Å². The van der Waals surface area contributed by atoms with E-state index >= 15 is 0 Å². The molecule has 3 aliphatic carbocycles. The van der Waals surface area contributed by atoms with Gasteiger partial charge in [-0.3, -0.25) is 9.59 Å². The van der Waals surface area contributed by atoms with Gasteiger partial charge in [0.15, 0.2) is 0 Å². The molecule has 3 rings (SSSR count). The Balaban J connectivity index is 2.49. The summed E-state index contributed by atoms with van der Waals surface area (Å²) in [4.78, 5) is 24.1. The molecule has 0 heterocycles. The van der Waals surface area contributed by atoms with E-state index in [4.69, 9.17) is 9.47 Å². The number of ether oxygens (including phenoxy) is 2. The van der Waals surface area contributed by atoms with Crippen LogP contribution in [0.15, 0.2) is 12.2 Å². The lowest BCUT2D eigenvalue weighted by Gasteiger charge is -2.53. The van der Waals surface area contributed by atoms with E-state index in [1.165, 1.54) is 14.2 Å². The second-order valence-corrected chi connectivity index (χ2v) is 5.85. The Morgan fingerprint density at radius 3 is 1.50 bits per heavy atom. The van der Waals surface area contributed by atoms with E-state index in [-0.39, 0.29) is 22.8 Å². The summed E-state index contributed by atoms with van der Waals surface area (Å²) in [7, 11) is 2.74. The van der Waals surface area contributed by atoms with Gasteiger partial charge in [0, 0.05) is 0 Å². The van der Waals surface area contributed by atoms with Crippen molar-refractivity contribution in [1.29, 1.82) is 0 Å². The Bertz CT molecular complexity index is 376. The van der Waals surface area contributed by atoms with Crippen molar-refractivity contribution in [2.45, 2.75) is 26.7 Å². The van der Waals surface area contributed by atoms with Gasteiger partial charge in [0.2, 0.25) is 0 Å². The van der Waals surface area contributed by atoms with Gasteiger partial charge in [0.25, 0.3) is 0 Å². The van der Waals surface area contributed by atoms with Crippen molar-refractivity contribution >= 4 is 11.9 Å². The summed E-state index contributed by atoms with van der Waals surface area (Å²) >= 11 is 0. The Labute approximate surface area is 107 Å². The maximum absolute atomic E-state index is 12.1. The molecule has 4 atom stereocenters. The van der Waals surface area contributed by atoms with E-state index in [2.05, 4.69) is 12.2 Å². The number of esters is 2. The van der Waals surface area contributed by atoms with E-state index in [9.17, 15) is 9.59 Å². The molecule has 3 aliphatic rings. The maximum atomic E-state index is 12.1. The van der Waals surface area contributed by atoms with Gasteiger partial charge in [0.1, 0.15) is 0 Å². The molecule has 4 unspecified atom stereocenters. The van der Waals surface area contributed by atoms with Gasteiger partial charge in [0.05, 0.1) is 26.1 Å². The molecule has 0 aliphatic heterocycles. The first-order chi connectivity index (χ1) is 8.38. The third-order valence-corrected chi connectivity index (χ3v) is 4.71. The molecule has 4 heteroatoms. The highest BCUT2D eigenvalue weighted by atomic mass is 16.5. The number of fused-ring (bicyclic) bond motifs is 2. The number of allylic oxidation sites excluding steroid dienone is 2. The van der Waals surface area contributed by atoms with Crippen LogP contribution >= 0.6 is 0 Å². The number of hydrogen-bond acceptors (Lipinski definition) is 4. The van der Waals surface area contributed by atoms with Crippen LogP contribution in [0, 0.1) is 22.7 Å². The molecule has 0 aromatic carbocycles. The van der Waals surface area contributed by atoms with Gasteiger partial charge in [-0.1, -0.05) is 26.0 Å². The summed E-state index contributed by atoms with van der Waals surface area (Å²) in [5.74, 6) is -1.52. The molecular weight excluding hydrogens is 232 g/mol. The van der Waals surface area contributed by atoms with Crippen molar-refractivity contribution in [3.8, 4) is 0 Å². The van der Waals surface area contributed by atoms with Crippen LogP contribution in [0.3, 0.4) is 0 Å². The van der Waals surface area contributed by atoms with Crippen molar-refractivity contribution in [3.63, 3.8) is 0 Å². The number of carbonyl (C=O) groups is 2. The largest absolute Gasteiger partial charge is 0.469 e. The van der Waals surface area contributed by atoms with Gasteiger partial charge < -0.3 is 9.47 Å². The van der Waals surface area contributed by atoms with Gasteiger partial charge in [-0.15, -0.1) is 0 Å². The molecule has 0 amide bonds. The Kier molecular flexibility index (Phi) is 2.99. The van der Waals surface area contributed by atoms with Crippen LogP contribution in [0.2, 0.25) is 0 Å². The number of methoxy groups -OCH3 is 2. The third-order valence-electron chi connectivity index (χ3n) is 4.71. The van der Waals surface area contributed by atoms with Crippen LogP contribution in [0.1, 0.15) is 26.7 Å². The van der Waals surface area contributed by atoms with Crippen LogP contribution in [0.5, 0.6) is 0 Å². The molecular formula is C14H20O4. The SMILES string of the molecule is COC(=O)C1C(C(=O)OC)C2(C)C=CC1(C)CC2. The molecule has 0 N–H and O–H groups in total. The van der Waals surface area contributed by atoms with Crippen molar-refractivity contribution in [1.82, 2.24) is 0 Å². The molecule has 0 saturated heterocycles. The molecule has 0 aromatic rings. The number of rotatable bonds is 2. The lowest BCUT2D eigenvalue weighted by Crippen LogP contribution is -2.55. The molecule has 0 spiro atoms. The van der Waals surface area contributed by atoms with Crippen molar-refractivity contribution in [2.24, 2.45) is 22.7 Å². The average molecular weight is 252 g/mol. The summed E-state index contributed by atoms with van der Waals surface area (Å²) in [6.07, 6.45) is 5.93. The maximum Gasteiger partial charge on any atom is 0.310 e. The van der Waals surface area contributed by atoms with Crippen molar-refractivity contribution < 1.29 is 19.1 Å². The first-order valence-corrected chi connectivity index (χ1v) is 6.24. The van der Waals surface area contributed by atoms with Gasteiger partial charge in [-0.05, 0) is 23.7 Å². The summed E-state index contributed by atoms with van der Waals surface area (Å²) in [5.41, 5.74) is -0.604. The summed E-state index contributed by atoms with van der Waals surface area (Å²) < 4.78 is 9.79. The van der Waals surface area contributed by atoms with E-state index in [1.807, 2.05) is 13.8 Å². The zero-order chi connectivity index (χ0) is 13.6. The molecule has 4 nitrogen and oxygen atoms in total. The highest BCUT2D eigenvalue weighted by Crippen LogP contribution is 2.59. The quantitative estimate of drug-likeness (QED) is 0.556. The third kappa shape index (κ3) is 1.66. The highest BCUT2D eigenvalue weighted by molar-refractivity contribution is 5.85. The van der Waals surface area contributed by atoms with Crippen molar-refractivity contribution in [3.05, 3.63) is 12.2 Å². The molecule has 100 valence electrons. The van der Waals surface area contributed by atoms with Crippen LogP contribution in [0.4, 0.5) is 0 Å². The van der Waals surface area contributed by atoms with E-state index in [1.54, 1.807) is 0 Å². The molecule has 1 fully saturated rings. The zero-order valence-electron chi connectivity index (χ0n) is 11.4. The van der Waals surface area contributed by atoms with Gasteiger partial charge in [-0.2, -0.15) is 0 Å². The van der Waals surface area contributed by atoms with Crippen LogP contribution in [0.25, 0.3) is 0 Å². The van der Waals surface area contributed by atoms with Gasteiger partial charge in [-0.25, -0.2) is 0 Å². The smallest absolute Gasteiger partial charge is 0.310 e. The Morgan fingerprint density at radius 1 is 0.944 bits per heavy atom. The predicted molar refractivity (Wildman–Crippen MR) is 65.6 cm³/mol. The molecule has 0 radical (unpaired) electrons. The minimum atomic E-state index is -0.446. The monoisotopic (exact) mass is 252 g/mol. The van der Waals surface area contributed by atoms with E-state index < -0.39 is 11.8 Å². The Hall–Kier alpha value is -1.32. The van der Waals surface area contributed by atoms with Crippen LogP contribution < -0.4 is 0 Å². The second-order valence-electron chi connectivity index (χ2n) is 5.85. The first-order valence-electron chi connectivity index (χ1n) is 6.24. The molecule has 18 heavy (non-hydrogen) atoms. The summed E-state index contributed by atoms with van der Waals surface area (Å²) in [6, 6.07) is 0. The molecule has 2 bridgehead atoms. The number of carbonyl (C=O) groups excluding carboxylic acids is 2. The standard InChI is InChI=1S/C14H20O4/c1-13-5-7-14(2,8-6-13)10(12(16)18-4)9(13)11(15)17-3/h5,7,9-10H,6,8H2,1-4H3. The van der Waals surface area contributed by atoms with Crippen molar-refractivity contribution in [2.75, 3.05) is 14.2 Å². The van der Waals surface area contributed by atoms with Gasteiger partial charge >= 0.3 is 11.9 Å². The minimum Gasteiger partial charge on any atom is -0.469 e. The van der Waals surface area contributed by atoms with E-state index in [0.29, 0.717) is 0 Å². The summed E-state index contributed by atoms with van der Waals surface area (Å²) in [5, 5.41) is 0. The zero-order valence-corrected chi connectivity index (χ0v) is 11.4. The number of hydrogen-bond donors (Lipinski definition) is 0. The fourth-order valence-electron chi connectivity index (χ4n) is 3.43. The second kappa shape index (κ2) is 4.11. The van der Waals surface area contributed by atoms with Crippen LogP contribution in [-0.2, 0) is 19.1 Å². The molecule has 0 aromatic heterocycles. The lowest BCUT2D eigenvalue weighted by atomic mass is 9.49. The Morgan fingerprint density at radius 2 is 1.28 bits per heavy atom. The van der Waals surface area contributed by atoms with Crippen LogP contribution in [-0.4, -0.2) is 26.2 Å².